The van der Waals surface area contributed by atoms with Gasteiger partial charge in [-0.1, -0.05) is 30.3 Å². The van der Waals surface area contributed by atoms with E-state index in [0.29, 0.717) is 24.6 Å². The number of carbonyl (C=O) groups excluding carboxylic acids is 1. The summed E-state index contributed by atoms with van der Waals surface area (Å²) in [5, 5.41) is 0. The Labute approximate surface area is 146 Å². The van der Waals surface area contributed by atoms with Crippen molar-refractivity contribution >= 4 is 5.91 Å². The number of likely N-dealkylation sites (tertiary alicyclic amines) is 1. The largest absolute Gasteiger partial charge is 0.341 e. The molecule has 0 saturated carbocycles. The zero-order valence-corrected chi connectivity index (χ0v) is 14.4. The van der Waals surface area contributed by atoms with E-state index in [1.807, 2.05) is 23.1 Å². The van der Waals surface area contributed by atoms with E-state index in [0.717, 1.165) is 19.3 Å². The molecule has 1 unspecified atom stereocenters. The number of hydrogen-bond donors (Lipinski definition) is 1. The van der Waals surface area contributed by atoms with Gasteiger partial charge in [-0.3, -0.25) is 19.1 Å². The number of H-pyrrole nitrogens is 1. The number of amides is 1. The van der Waals surface area contributed by atoms with E-state index < -0.39 is 11.2 Å². The molecule has 1 aromatic carbocycles. The second-order valence-electron chi connectivity index (χ2n) is 6.62. The average molecular weight is 341 g/mol. The van der Waals surface area contributed by atoms with Crippen LogP contribution >= 0.6 is 0 Å². The predicted octanol–water partition coefficient (Wildman–Crippen LogP) is 1.64. The van der Waals surface area contributed by atoms with Gasteiger partial charge in [0.1, 0.15) is 6.54 Å². The van der Waals surface area contributed by atoms with Crippen LogP contribution in [-0.2, 0) is 11.3 Å². The minimum atomic E-state index is -0.541. The molecule has 0 radical (unpaired) electrons. The Morgan fingerprint density at radius 3 is 2.68 bits per heavy atom. The summed E-state index contributed by atoms with van der Waals surface area (Å²) in [6, 6.07) is 10.4. The van der Waals surface area contributed by atoms with Gasteiger partial charge in [-0.2, -0.15) is 0 Å². The monoisotopic (exact) mass is 341 g/mol. The Morgan fingerprint density at radius 2 is 1.92 bits per heavy atom. The van der Waals surface area contributed by atoms with E-state index in [1.54, 1.807) is 6.92 Å². The first-order valence-electron chi connectivity index (χ1n) is 8.67. The number of aryl methyl sites for hydroxylation is 1. The Kier molecular flexibility index (Phi) is 5.16. The Bertz CT molecular complexity index is 854. The zero-order valence-electron chi connectivity index (χ0n) is 14.4. The molecule has 1 saturated heterocycles. The second kappa shape index (κ2) is 7.51. The highest BCUT2D eigenvalue weighted by atomic mass is 16.2. The van der Waals surface area contributed by atoms with E-state index in [1.165, 1.54) is 16.3 Å². The third kappa shape index (κ3) is 4.07. The van der Waals surface area contributed by atoms with Gasteiger partial charge in [0.2, 0.25) is 5.91 Å². The average Bonchev–Trinajstić information content (AvgIpc) is 2.86. The van der Waals surface area contributed by atoms with Crippen molar-refractivity contribution in [1.82, 2.24) is 14.5 Å². The topological polar surface area (TPSA) is 75.2 Å². The summed E-state index contributed by atoms with van der Waals surface area (Å²) in [6.07, 6.45) is 4.38. The number of aromatic amines is 1. The molecule has 1 amide bonds. The van der Waals surface area contributed by atoms with E-state index in [-0.39, 0.29) is 12.5 Å². The van der Waals surface area contributed by atoms with Gasteiger partial charge in [-0.25, -0.2) is 4.79 Å². The highest BCUT2D eigenvalue weighted by molar-refractivity contribution is 5.76. The molecule has 0 bridgehead atoms. The smallest absolute Gasteiger partial charge is 0.328 e. The van der Waals surface area contributed by atoms with Crippen LogP contribution in [0, 0.1) is 6.92 Å². The summed E-state index contributed by atoms with van der Waals surface area (Å²) in [7, 11) is 0. The van der Waals surface area contributed by atoms with Crippen LogP contribution < -0.4 is 11.2 Å². The number of carbonyl (C=O) groups is 1. The fraction of sp³-hybridized carbons (Fsp3) is 0.421. The normalized spacial score (nSPS) is 18.0. The van der Waals surface area contributed by atoms with E-state index in [2.05, 4.69) is 17.1 Å². The van der Waals surface area contributed by atoms with Gasteiger partial charge in [0.05, 0.1) is 0 Å². The molecule has 132 valence electrons. The molecular formula is C19H23N3O3. The van der Waals surface area contributed by atoms with Gasteiger partial charge in [0, 0.05) is 24.8 Å². The number of aromatic nitrogens is 2. The number of hydrogen-bond acceptors (Lipinski definition) is 3. The highest BCUT2D eigenvalue weighted by Gasteiger charge is 2.22. The van der Waals surface area contributed by atoms with Gasteiger partial charge >= 0.3 is 5.69 Å². The Hall–Kier alpha value is -2.63. The van der Waals surface area contributed by atoms with Crippen molar-refractivity contribution in [2.24, 2.45) is 0 Å². The van der Waals surface area contributed by atoms with Gasteiger partial charge in [-0.15, -0.1) is 0 Å². The van der Waals surface area contributed by atoms with Crippen LogP contribution in [0.2, 0.25) is 0 Å². The van der Waals surface area contributed by atoms with Crippen molar-refractivity contribution in [3.63, 3.8) is 0 Å². The summed E-state index contributed by atoms with van der Waals surface area (Å²) in [6.45, 7) is 2.98. The van der Waals surface area contributed by atoms with Crippen molar-refractivity contribution in [1.29, 1.82) is 0 Å². The zero-order chi connectivity index (χ0) is 17.8. The molecule has 0 aliphatic carbocycles. The Morgan fingerprint density at radius 1 is 1.16 bits per heavy atom. The first-order valence-corrected chi connectivity index (χ1v) is 8.67. The SMILES string of the molecule is Cc1cn(CC(=O)N2CCCC(c3ccccc3)CC2)c(=O)[nH]c1=O. The number of rotatable bonds is 3. The lowest BCUT2D eigenvalue weighted by molar-refractivity contribution is -0.131. The van der Waals surface area contributed by atoms with Crippen LogP contribution in [0.4, 0.5) is 0 Å². The maximum atomic E-state index is 12.6. The van der Waals surface area contributed by atoms with Crippen molar-refractivity contribution in [3.8, 4) is 0 Å². The lowest BCUT2D eigenvalue weighted by atomic mass is 9.92. The molecule has 1 aliphatic heterocycles. The molecule has 6 nitrogen and oxygen atoms in total. The van der Waals surface area contributed by atoms with Crippen LogP contribution in [0.1, 0.15) is 36.3 Å². The highest BCUT2D eigenvalue weighted by Crippen LogP contribution is 2.27. The summed E-state index contributed by atoms with van der Waals surface area (Å²) >= 11 is 0. The molecule has 2 heterocycles. The summed E-state index contributed by atoms with van der Waals surface area (Å²) in [4.78, 5) is 39.9. The third-order valence-corrected chi connectivity index (χ3v) is 4.85. The lowest BCUT2D eigenvalue weighted by Crippen LogP contribution is -2.39. The van der Waals surface area contributed by atoms with E-state index >= 15 is 0 Å². The maximum absolute atomic E-state index is 12.6. The summed E-state index contributed by atoms with van der Waals surface area (Å²) < 4.78 is 1.28. The van der Waals surface area contributed by atoms with E-state index in [9.17, 15) is 14.4 Å². The van der Waals surface area contributed by atoms with Gasteiger partial charge in [-0.05, 0) is 37.7 Å². The minimum absolute atomic E-state index is 0.0353. The molecule has 1 fully saturated rings. The Balaban J connectivity index is 1.66. The first kappa shape index (κ1) is 17.2. The first-order chi connectivity index (χ1) is 12.0. The predicted molar refractivity (Wildman–Crippen MR) is 95.7 cm³/mol. The molecule has 2 aromatic rings. The minimum Gasteiger partial charge on any atom is -0.341 e. The van der Waals surface area contributed by atoms with Crippen molar-refractivity contribution in [2.45, 2.75) is 38.6 Å². The molecule has 1 aliphatic rings. The number of nitrogens with zero attached hydrogens (tertiary/aromatic N) is 2. The van der Waals surface area contributed by atoms with Crippen LogP contribution in [-0.4, -0.2) is 33.4 Å². The fourth-order valence-corrected chi connectivity index (χ4v) is 3.39. The van der Waals surface area contributed by atoms with Crippen molar-refractivity contribution in [3.05, 3.63) is 68.5 Å². The van der Waals surface area contributed by atoms with Gasteiger partial charge in [0.15, 0.2) is 0 Å². The fourth-order valence-electron chi connectivity index (χ4n) is 3.39. The van der Waals surface area contributed by atoms with E-state index in [4.69, 9.17) is 0 Å². The van der Waals surface area contributed by atoms with Crippen molar-refractivity contribution in [2.75, 3.05) is 13.1 Å². The van der Waals surface area contributed by atoms with Crippen molar-refractivity contribution < 1.29 is 4.79 Å². The molecular weight excluding hydrogens is 318 g/mol. The van der Waals surface area contributed by atoms with Crippen LogP contribution in [0.15, 0.2) is 46.1 Å². The van der Waals surface area contributed by atoms with Crippen LogP contribution in [0.25, 0.3) is 0 Å². The standard InChI is InChI=1S/C19H23N3O3/c1-14-12-22(19(25)20-18(14)24)13-17(23)21-10-5-8-16(9-11-21)15-6-3-2-4-7-15/h2-4,6-7,12,16H,5,8-11,13H2,1H3,(H,20,24,25). The summed E-state index contributed by atoms with van der Waals surface area (Å²) in [5.41, 5.74) is 0.798. The van der Waals surface area contributed by atoms with Gasteiger partial charge in [0.25, 0.3) is 5.56 Å². The lowest BCUT2D eigenvalue weighted by Gasteiger charge is -2.21. The molecule has 6 heteroatoms. The number of nitrogens with one attached hydrogen (secondary N) is 1. The van der Waals surface area contributed by atoms with Gasteiger partial charge < -0.3 is 4.90 Å². The maximum Gasteiger partial charge on any atom is 0.328 e. The molecule has 3 rings (SSSR count). The summed E-state index contributed by atoms with van der Waals surface area (Å²) in [5.74, 6) is 0.388. The molecule has 1 N–H and O–H groups in total. The quantitative estimate of drug-likeness (QED) is 0.922. The van der Waals surface area contributed by atoms with Crippen LogP contribution in [0.3, 0.4) is 0 Å². The second-order valence-corrected chi connectivity index (χ2v) is 6.62. The number of benzene rings is 1. The molecule has 0 spiro atoms. The van der Waals surface area contributed by atoms with Crippen LogP contribution in [0.5, 0.6) is 0 Å². The molecule has 25 heavy (non-hydrogen) atoms. The molecule has 1 aromatic heterocycles. The molecule has 1 atom stereocenters. The third-order valence-electron chi connectivity index (χ3n) is 4.85.